The van der Waals surface area contributed by atoms with Crippen molar-refractivity contribution in [3.05, 3.63) is 0 Å². The lowest BCUT2D eigenvalue weighted by molar-refractivity contribution is -0.130. The molecule has 0 aromatic heterocycles. The minimum atomic E-state index is -0.456. The summed E-state index contributed by atoms with van der Waals surface area (Å²) in [5.41, 5.74) is 5.35. The van der Waals surface area contributed by atoms with E-state index >= 15 is 0 Å². The van der Waals surface area contributed by atoms with E-state index in [4.69, 9.17) is 22.1 Å². The molecule has 1 rings (SSSR count). The Balaban J connectivity index is 2.57. The van der Waals surface area contributed by atoms with E-state index in [9.17, 15) is 9.59 Å². The summed E-state index contributed by atoms with van der Waals surface area (Å²) in [5, 5.41) is 2.72. The van der Waals surface area contributed by atoms with Crippen LogP contribution in [0.2, 0.25) is 0 Å². The molecule has 0 bridgehead atoms. The number of alkyl halides is 1. The van der Waals surface area contributed by atoms with Gasteiger partial charge in [-0.1, -0.05) is 0 Å². The van der Waals surface area contributed by atoms with Gasteiger partial charge < -0.3 is 20.7 Å². The quantitative estimate of drug-likeness (QED) is 0.462. The second-order valence-corrected chi connectivity index (χ2v) is 5.28. The number of carbonyl (C=O) groups is 2. The maximum atomic E-state index is 11.4. The molecule has 2 amide bonds. The summed E-state index contributed by atoms with van der Waals surface area (Å²) in [7, 11) is 1.99. The first-order valence-electron chi connectivity index (χ1n) is 6.41. The third kappa shape index (κ3) is 4.97. The van der Waals surface area contributed by atoms with Crippen molar-refractivity contribution in [3.63, 3.8) is 0 Å². The molecule has 3 N–H and O–H groups in total. The summed E-state index contributed by atoms with van der Waals surface area (Å²) in [6.07, 6.45) is 1.45. The predicted octanol–water partition coefficient (Wildman–Crippen LogP) is -0.590. The standard InChI is InChI=1S/C12H22ClN3O3/c1-16(5-3-13)4-2-9-6-19-7-10(12(14)18)11(9)15-8-17/h8-11H,2-7H2,1H3,(H2,14,18)(H,15,17). The van der Waals surface area contributed by atoms with Gasteiger partial charge in [0.15, 0.2) is 0 Å². The van der Waals surface area contributed by atoms with Gasteiger partial charge in [0.1, 0.15) is 0 Å². The molecule has 3 atom stereocenters. The highest BCUT2D eigenvalue weighted by atomic mass is 35.5. The number of hydrogen-bond acceptors (Lipinski definition) is 4. The van der Waals surface area contributed by atoms with Crippen molar-refractivity contribution < 1.29 is 14.3 Å². The lowest BCUT2D eigenvalue weighted by Gasteiger charge is -2.36. The van der Waals surface area contributed by atoms with Crippen molar-refractivity contribution in [1.29, 1.82) is 0 Å². The molecule has 1 aliphatic rings. The number of nitrogens with zero attached hydrogens (tertiary/aromatic N) is 1. The van der Waals surface area contributed by atoms with Crippen LogP contribution in [0.5, 0.6) is 0 Å². The zero-order valence-corrected chi connectivity index (χ0v) is 11.9. The van der Waals surface area contributed by atoms with Gasteiger partial charge in [-0.05, 0) is 20.0 Å². The molecule has 1 aliphatic heterocycles. The zero-order valence-electron chi connectivity index (χ0n) is 11.2. The van der Waals surface area contributed by atoms with Crippen LogP contribution in [0, 0.1) is 11.8 Å². The molecule has 0 aromatic rings. The van der Waals surface area contributed by atoms with Crippen LogP contribution >= 0.6 is 11.6 Å². The molecule has 0 aromatic carbocycles. The van der Waals surface area contributed by atoms with E-state index in [2.05, 4.69) is 10.2 Å². The van der Waals surface area contributed by atoms with Gasteiger partial charge >= 0.3 is 0 Å². The van der Waals surface area contributed by atoms with Crippen LogP contribution in [0.4, 0.5) is 0 Å². The molecule has 0 aliphatic carbocycles. The van der Waals surface area contributed by atoms with E-state index in [0.29, 0.717) is 18.9 Å². The van der Waals surface area contributed by atoms with Crippen LogP contribution in [0.15, 0.2) is 0 Å². The Labute approximate surface area is 118 Å². The fourth-order valence-electron chi connectivity index (χ4n) is 2.38. The van der Waals surface area contributed by atoms with E-state index in [1.165, 1.54) is 0 Å². The van der Waals surface area contributed by atoms with Gasteiger partial charge in [0.05, 0.1) is 19.1 Å². The smallest absolute Gasteiger partial charge is 0.224 e. The van der Waals surface area contributed by atoms with Crippen LogP contribution in [0.3, 0.4) is 0 Å². The van der Waals surface area contributed by atoms with Crippen molar-refractivity contribution in [2.75, 3.05) is 39.2 Å². The molecule has 0 spiro atoms. The Kier molecular flexibility index (Phi) is 7.12. The summed E-state index contributed by atoms with van der Waals surface area (Å²) in [4.78, 5) is 24.2. The van der Waals surface area contributed by atoms with Crippen molar-refractivity contribution in [2.24, 2.45) is 17.6 Å². The molecule has 1 fully saturated rings. The van der Waals surface area contributed by atoms with Gasteiger partial charge in [-0.3, -0.25) is 9.59 Å². The minimum absolute atomic E-state index is 0.0919. The third-order valence-electron chi connectivity index (χ3n) is 3.54. The topological polar surface area (TPSA) is 84.7 Å². The molecule has 6 nitrogen and oxygen atoms in total. The average Bonchev–Trinajstić information content (AvgIpc) is 2.37. The number of nitrogens with two attached hydrogens (primary N) is 1. The van der Waals surface area contributed by atoms with Crippen LogP contribution in [-0.2, 0) is 14.3 Å². The summed E-state index contributed by atoms with van der Waals surface area (Å²) < 4.78 is 5.42. The molecule has 0 saturated carbocycles. The second-order valence-electron chi connectivity index (χ2n) is 4.90. The largest absolute Gasteiger partial charge is 0.380 e. The van der Waals surface area contributed by atoms with Crippen molar-refractivity contribution in [2.45, 2.75) is 12.5 Å². The maximum Gasteiger partial charge on any atom is 0.224 e. The van der Waals surface area contributed by atoms with Crippen molar-refractivity contribution in [1.82, 2.24) is 10.2 Å². The minimum Gasteiger partial charge on any atom is -0.380 e. The van der Waals surface area contributed by atoms with Crippen molar-refractivity contribution >= 4 is 23.9 Å². The number of nitrogens with one attached hydrogen (secondary N) is 1. The van der Waals surface area contributed by atoms with Gasteiger partial charge in [-0.15, -0.1) is 11.6 Å². The molecule has 1 saturated heterocycles. The number of primary amides is 1. The Hall–Kier alpha value is -0.850. The number of ether oxygens (including phenoxy) is 1. The predicted molar refractivity (Wildman–Crippen MR) is 72.8 cm³/mol. The SMILES string of the molecule is CN(CCCl)CCC1COCC(C(N)=O)C1NC=O. The van der Waals surface area contributed by atoms with Crippen LogP contribution in [0.25, 0.3) is 0 Å². The summed E-state index contributed by atoms with van der Waals surface area (Å²) >= 11 is 5.67. The summed E-state index contributed by atoms with van der Waals surface area (Å²) in [5.74, 6) is -0.216. The van der Waals surface area contributed by atoms with Gasteiger partial charge in [0.25, 0.3) is 0 Å². The van der Waals surface area contributed by atoms with Gasteiger partial charge in [0.2, 0.25) is 12.3 Å². The lowest BCUT2D eigenvalue weighted by atomic mass is 9.84. The lowest BCUT2D eigenvalue weighted by Crippen LogP contribution is -2.53. The second kappa shape index (κ2) is 8.35. The number of amides is 2. The molecule has 7 heteroatoms. The van der Waals surface area contributed by atoms with Gasteiger partial charge in [-0.25, -0.2) is 0 Å². The first-order valence-corrected chi connectivity index (χ1v) is 6.94. The summed E-state index contributed by atoms with van der Waals surface area (Å²) in [6, 6.07) is -0.242. The van der Waals surface area contributed by atoms with E-state index in [-0.39, 0.29) is 18.6 Å². The van der Waals surface area contributed by atoms with E-state index in [1.54, 1.807) is 0 Å². The average molecular weight is 292 g/mol. The molecule has 1 heterocycles. The Morgan fingerprint density at radius 1 is 1.53 bits per heavy atom. The molecule has 110 valence electrons. The fraction of sp³-hybridized carbons (Fsp3) is 0.833. The number of halogens is 1. The highest BCUT2D eigenvalue weighted by Gasteiger charge is 2.36. The molecule has 3 unspecified atom stereocenters. The van der Waals surface area contributed by atoms with Crippen LogP contribution in [0.1, 0.15) is 6.42 Å². The van der Waals surface area contributed by atoms with Gasteiger partial charge in [-0.2, -0.15) is 0 Å². The monoisotopic (exact) mass is 291 g/mol. The van der Waals surface area contributed by atoms with E-state index in [0.717, 1.165) is 19.5 Å². The number of carbonyl (C=O) groups excluding carboxylic acids is 2. The number of hydrogen-bond donors (Lipinski definition) is 2. The van der Waals surface area contributed by atoms with E-state index in [1.807, 2.05) is 7.05 Å². The van der Waals surface area contributed by atoms with Crippen molar-refractivity contribution in [3.8, 4) is 0 Å². The molecular formula is C12H22ClN3O3. The Bertz CT molecular complexity index is 304. The first kappa shape index (κ1) is 16.2. The highest BCUT2D eigenvalue weighted by molar-refractivity contribution is 6.18. The third-order valence-corrected chi connectivity index (χ3v) is 3.71. The highest BCUT2D eigenvalue weighted by Crippen LogP contribution is 2.23. The normalized spacial score (nSPS) is 27.2. The molecule has 0 radical (unpaired) electrons. The maximum absolute atomic E-state index is 11.4. The zero-order chi connectivity index (χ0) is 14.3. The van der Waals surface area contributed by atoms with Crippen LogP contribution in [-0.4, -0.2) is 62.5 Å². The number of rotatable bonds is 8. The van der Waals surface area contributed by atoms with Gasteiger partial charge in [0, 0.05) is 24.4 Å². The molecule has 19 heavy (non-hydrogen) atoms. The summed E-state index contributed by atoms with van der Waals surface area (Å²) in [6.45, 7) is 2.45. The fourth-order valence-corrected chi connectivity index (χ4v) is 2.67. The Morgan fingerprint density at radius 2 is 2.26 bits per heavy atom. The molecular weight excluding hydrogens is 270 g/mol. The van der Waals surface area contributed by atoms with Crippen LogP contribution < -0.4 is 11.1 Å². The van der Waals surface area contributed by atoms with E-state index < -0.39 is 11.8 Å². The first-order chi connectivity index (χ1) is 9.10. The Morgan fingerprint density at radius 3 is 2.84 bits per heavy atom.